The molecule has 1 saturated carbocycles. The van der Waals surface area contributed by atoms with Gasteiger partial charge in [0, 0.05) is 7.05 Å². The zero-order valence-electron chi connectivity index (χ0n) is 7.03. The second-order valence-electron chi connectivity index (χ2n) is 3.84. The molecule has 1 aromatic heterocycles. The third-order valence-electron chi connectivity index (χ3n) is 3.07. The van der Waals surface area contributed by atoms with Crippen LogP contribution in [0.4, 0.5) is 0 Å². The molecular formula is C8H11N3O. The average molecular weight is 165 g/mol. The molecule has 12 heavy (non-hydrogen) atoms. The van der Waals surface area contributed by atoms with Crippen LogP contribution in [0.25, 0.3) is 0 Å². The number of fused-ring (bicyclic) bond motifs is 1. The summed E-state index contributed by atoms with van der Waals surface area (Å²) < 4.78 is 7.42. The molecule has 0 spiro atoms. The maximum atomic E-state index is 5.41. The lowest BCUT2D eigenvalue weighted by molar-refractivity contribution is 0.158. The maximum absolute atomic E-state index is 5.41. The maximum Gasteiger partial charge on any atom is 0.141 e. The van der Waals surface area contributed by atoms with Gasteiger partial charge in [0.2, 0.25) is 0 Å². The number of ether oxygens (including phenoxy) is 1. The highest BCUT2D eigenvalue weighted by Gasteiger charge is 2.62. The number of nitrogens with zero attached hydrogens (tertiary/aromatic N) is 3. The van der Waals surface area contributed by atoms with Crippen LogP contribution >= 0.6 is 0 Å². The average Bonchev–Trinajstić information content (AvgIpc) is 2.49. The summed E-state index contributed by atoms with van der Waals surface area (Å²) in [7, 11) is 2.00. The Morgan fingerprint density at radius 2 is 2.67 bits per heavy atom. The Morgan fingerprint density at radius 3 is 3.17 bits per heavy atom. The smallest absolute Gasteiger partial charge is 0.141 e. The molecule has 0 aromatic carbocycles. The second kappa shape index (κ2) is 1.88. The number of hydrogen-bond donors (Lipinski definition) is 0. The van der Waals surface area contributed by atoms with Crippen molar-refractivity contribution in [3.05, 3.63) is 12.2 Å². The zero-order valence-corrected chi connectivity index (χ0v) is 7.03. The first-order valence-electron chi connectivity index (χ1n) is 4.25. The van der Waals surface area contributed by atoms with Crippen molar-refractivity contribution in [1.29, 1.82) is 0 Å². The quantitative estimate of drug-likeness (QED) is 0.592. The van der Waals surface area contributed by atoms with Crippen molar-refractivity contribution in [3.8, 4) is 0 Å². The Hall–Kier alpha value is -0.900. The van der Waals surface area contributed by atoms with Crippen LogP contribution in [-0.4, -0.2) is 28.0 Å². The molecule has 1 aliphatic carbocycles. The first kappa shape index (κ1) is 6.60. The van der Waals surface area contributed by atoms with E-state index in [0.29, 0.717) is 5.92 Å². The van der Waals surface area contributed by atoms with Crippen LogP contribution in [0.15, 0.2) is 6.33 Å². The lowest BCUT2D eigenvalue weighted by atomic mass is 10.1. The van der Waals surface area contributed by atoms with E-state index in [2.05, 4.69) is 10.2 Å². The van der Waals surface area contributed by atoms with Gasteiger partial charge in [0.25, 0.3) is 0 Å². The fourth-order valence-corrected chi connectivity index (χ4v) is 2.23. The summed E-state index contributed by atoms with van der Waals surface area (Å²) in [5, 5.41) is 8.04. The van der Waals surface area contributed by atoms with Gasteiger partial charge in [-0.25, -0.2) is 0 Å². The van der Waals surface area contributed by atoms with E-state index in [4.69, 9.17) is 4.74 Å². The molecule has 0 amide bonds. The minimum atomic E-state index is 0.241. The molecule has 1 aliphatic heterocycles. The standard InChI is InChI=1S/C8H11N3O/c1-11-5-9-10-7(11)8-2-6(8)3-12-4-8/h5-6H,2-4H2,1H3. The number of rotatable bonds is 1. The Balaban J connectivity index is 2.04. The van der Waals surface area contributed by atoms with Crippen molar-refractivity contribution in [2.45, 2.75) is 11.8 Å². The molecule has 2 heterocycles. The van der Waals surface area contributed by atoms with E-state index in [9.17, 15) is 0 Å². The van der Waals surface area contributed by atoms with Gasteiger partial charge in [0.15, 0.2) is 0 Å². The minimum Gasteiger partial charge on any atom is -0.380 e. The lowest BCUT2D eigenvalue weighted by Gasteiger charge is -2.08. The zero-order chi connectivity index (χ0) is 8.18. The van der Waals surface area contributed by atoms with Gasteiger partial charge < -0.3 is 9.30 Å². The molecular weight excluding hydrogens is 154 g/mol. The highest BCUT2D eigenvalue weighted by atomic mass is 16.5. The summed E-state index contributed by atoms with van der Waals surface area (Å²) in [4.78, 5) is 0. The number of aryl methyl sites for hydroxylation is 1. The normalized spacial score (nSPS) is 38.2. The number of hydrogen-bond acceptors (Lipinski definition) is 3. The Morgan fingerprint density at radius 1 is 1.75 bits per heavy atom. The van der Waals surface area contributed by atoms with Gasteiger partial charge >= 0.3 is 0 Å². The van der Waals surface area contributed by atoms with E-state index < -0.39 is 0 Å². The van der Waals surface area contributed by atoms with Crippen molar-refractivity contribution >= 4 is 0 Å². The predicted octanol–water partition coefficient (Wildman–Crippen LogP) is 0.103. The van der Waals surface area contributed by atoms with Gasteiger partial charge in [-0.05, 0) is 12.3 Å². The fourth-order valence-electron chi connectivity index (χ4n) is 2.23. The van der Waals surface area contributed by atoms with Crippen molar-refractivity contribution < 1.29 is 4.74 Å². The summed E-state index contributed by atoms with van der Waals surface area (Å²) in [6, 6.07) is 0. The van der Waals surface area contributed by atoms with Crippen LogP contribution in [0.5, 0.6) is 0 Å². The van der Waals surface area contributed by atoms with Crippen molar-refractivity contribution in [3.63, 3.8) is 0 Å². The third-order valence-corrected chi connectivity index (χ3v) is 3.07. The Bertz CT molecular complexity index is 322. The van der Waals surface area contributed by atoms with E-state index >= 15 is 0 Å². The molecule has 2 aliphatic rings. The van der Waals surface area contributed by atoms with Gasteiger partial charge in [0.05, 0.1) is 18.6 Å². The van der Waals surface area contributed by atoms with Gasteiger partial charge in [-0.15, -0.1) is 10.2 Å². The van der Waals surface area contributed by atoms with Crippen LogP contribution in [0, 0.1) is 5.92 Å². The number of aromatic nitrogens is 3. The molecule has 2 atom stereocenters. The van der Waals surface area contributed by atoms with Crippen LogP contribution in [-0.2, 0) is 17.2 Å². The topological polar surface area (TPSA) is 39.9 Å². The minimum absolute atomic E-state index is 0.241. The highest BCUT2D eigenvalue weighted by molar-refractivity contribution is 5.25. The Labute approximate surface area is 70.5 Å². The first-order valence-corrected chi connectivity index (χ1v) is 4.25. The van der Waals surface area contributed by atoms with Gasteiger partial charge in [-0.3, -0.25) is 0 Å². The van der Waals surface area contributed by atoms with E-state index in [1.165, 1.54) is 6.42 Å². The monoisotopic (exact) mass is 165 g/mol. The Kier molecular flexibility index (Phi) is 1.03. The summed E-state index contributed by atoms with van der Waals surface area (Å²) in [6.07, 6.45) is 3.00. The van der Waals surface area contributed by atoms with E-state index in [1.54, 1.807) is 6.33 Å². The molecule has 4 heteroatoms. The second-order valence-corrected chi connectivity index (χ2v) is 3.84. The van der Waals surface area contributed by atoms with Crippen molar-refractivity contribution in [2.24, 2.45) is 13.0 Å². The molecule has 2 unspecified atom stereocenters. The summed E-state index contributed by atoms with van der Waals surface area (Å²) in [5.41, 5.74) is 0.241. The fraction of sp³-hybridized carbons (Fsp3) is 0.750. The lowest BCUT2D eigenvalue weighted by Crippen LogP contribution is -2.16. The van der Waals surface area contributed by atoms with Gasteiger partial charge in [-0.2, -0.15) is 0 Å². The van der Waals surface area contributed by atoms with E-state index in [0.717, 1.165) is 19.0 Å². The van der Waals surface area contributed by atoms with Crippen LogP contribution in [0.2, 0.25) is 0 Å². The van der Waals surface area contributed by atoms with Gasteiger partial charge in [-0.1, -0.05) is 0 Å². The van der Waals surface area contributed by atoms with E-state index in [-0.39, 0.29) is 5.41 Å². The summed E-state index contributed by atoms with van der Waals surface area (Å²) in [5.74, 6) is 1.81. The van der Waals surface area contributed by atoms with Crippen LogP contribution in [0.3, 0.4) is 0 Å². The van der Waals surface area contributed by atoms with Crippen molar-refractivity contribution in [2.75, 3.05) is 13.2 Å². The third kappa shape index (κ3) is 0.617. The highest BCUT2D eigenvalue weighted by Crippen LogP contribution is 2.57. The summed E-state index contributed by atoms with van der Waals surface area (Å²) >= 11 is 0. The molecule has 0 radical (unpaired) electrons. The first-order chi connectivity index (χ1) is 5.83. The molecule has 64 valence electrons. The molecule has 3 rings (SSSR count). The molecule has 0 bridgehead atoms. The SMILES string of the molecule is Cn1cnnc1C12COCC1C2. The molecule has 0 N–H and O–H groups in total. The van der Waals surface area contributed by atoms with Crippen LogP contribution in [0.1, 0.15) is 12.2 Å². The largest absolute Gasteiger partial charge is 0.380 e. The molecule has 2 fully saturated rings. The van der Waals surface area contributed by atoms with E-state index in [1.807, 2.05) is 11.6 Å². The van der Waals surface area contributed by atoms with Crippen molar-refractivity contribution in [1.82, 2.24) is 14.8 Å². The molecule has 1 saturated heterocycles. The molecule has 4 nitrogen and oxygen atoms in total. The summed E-state index contributed by atoms with van der Waals surface area (Å²) in [6.45, 7) is 1.75. The van der Waals surface area contributed by atoms with Crippen LogP contribution < -0.4 is 0 Å². The molecule has 1 aromatic rings. The predicted molar refractivity (Wildman–Crippen MR) is 41.6 cm³/mol. The van der Waals surface area contributed by atoms with Gasteiger partial charge in [0.1, 0.15) is 12.2 Å².